The number of thiazole rings is 1. The highest BCUT2D eigenvalue weighted by molar-refractivity contribution is 7.18. The van der Waals surface area contributed by atoms with Crippen LogP contribution in [0.15, 0.2) is 42.9 Å². The number of hydrogen-bond acceptors (Lipinski definition) is 6. The number of para-hydroxylation sites is 1. The van der Waals surface area contributed by atoms with E-state index in [-0.39, 0.29) is 13.2 Å². The lowest BCUT2D eigenvalue weighted by molar-refractivity contribution is 0.0816. The molecule has 0 aliphatic rings. The fourth-order valence-electron chi connectivity index (χ4n) is 2.29. The van der Waals surface area contributed by atoms with E-state index < -0.39 is 6.10 Å². The van der Waals surface area contributed by atoms with Crippen LogP contribution in [0.3, 0.4) is 0 Å². The van der Waals surface area contributed by atoms with Gasteiger partial charge in [-0.3, -0.25) is 0 Å². The number of aliphatic hydroxyl groups excluding tert-OH is 2. The molecular formula is C16H17N3O3S. The van der Waals surface area contributed by atoms with E-state index in [4.69, 9.17) is 9.84 Å². The fraction of sp³-hybridized carbons (Fsp3) is 0.250. The standard InChI is InChI=1S/C16H17N3O3S/c1-22-13-5-3-2-4-12(13)16-18-8-14(23-16)15-17-6-7-19(15)9-11(21)10-20/h2-8,11,20-21H,9-10H2,1H3. The first-order chi connectivity index (χ1) is 11.2. The number of nitrogens with zero attached hydrogens (tertiary/aromatic N) is 3. The number of aromatic nitrogens is 3. The van der Waals surface area contributed by atoms with Crippen LogP contribution in [-0.2, 0) is 6.54 Å². The summed E-state index contributed by atoms with van der Waals surface area (Å²) in [4.78, 5) is 9.69. The van der Waals surface area contributed by atoms with Crippen LogP contribution in [0.2, 0.25) is 0 Å². The maximum absolute atomic E-state index is 9.63. The van der Waals surface area contributed by atoms with Crippen LogP contribution in [-0.4, -0.2) is 44.6 Å². The van der Waals surface area contributed by atoms with Crippen LogP contribution in [0.1, 0.15) is 0 Å². The van der Waals surface area contributed by atoms with Gasteiger partial charge in [-0.1, -0.05) is 12.1 Å². The Morgan fingerprint density at radius 1 is 1.30 bits per heavy atom. The van der Waals surface area contributed by atoms with Gasteiger partial charge in [-0.15, -0.1) is 11.3 Å². The van der Waals surface area contributed by atoms with Gasteiger partial charge in [0.25, 0.3) is 0 Å². The summed E-state index contributed by atoms with van der Waals surface area (Å²) in [6.07, 6.45) is 4.39. The molecule has 0 aliphatic heterocycles. The van der Waals surface area contributed by atoms with E-state index in [0.29, 0.717) is 0 Å². The van der Waals surface area contributed by atoms with Crippen molar-refractivity contribution < 1.29 is 14.9 Å². The third-order valence-electron chi connectivity index (χ3n) is 3.40. The number of ether oxygens (including phenoxy) is 1. The topological polar surface area (TPSA) is 80.4 Å². The Bertz CT molecular complexity index is 784. The van der Waals surface area contributed by atoms with Crippen LogP contribution in [0, 0.1) is 0 Å². The lowest BCUT2D eigenvalue weighted by atomic mass is 10.2. The first-order valence-corrected chi connectivity index (χ1v) is 7.94. The predicted octanol–water partition coefficient (Wildman–Crippen LogP) is 2.04. The molecule has 1 unspecified atom stereocenters. The zero-order valence-electron chi connectivity index (χ0n) is 12.6. The lowest BCUT2D eigenvalue weighted by Crippen LogP contribution is -2.19. The minimum Gasteiger partial charge on any atom is -0.496 e. The minimum atomic E-state index is -0.815. The summed E-state index contributed by atoms with van der Waals surface area (Å²) in [7, 11) is 1.64. The SMILES string of the molecule is COc1ccccc1-c1ncc(-c2nccn2CC(O)CO)s1. The highest BCUT2D eigenvalue weighted by Crippen LogP contribution is 2.35. The first-order valence-electron chi connectivity index (χ1n) is 7.12. The predicted molar refractivity (Wildman–Crippen MR) is 88.4 cm³/mol. The number of imidazole rings is 1. The molecule has 1 atom stereocenters. The molecule has 23 heavy (non-hydrogen) atoms. The van der Waals surface area contributed by atoms with Gasteiger partial charge >= 0.3 is 0 Å². The summed E-state index contributed by atoms with van der Waals surface area (Å²) < 4.78 is 7.18. The van der Waals surface area contributed by atoms with Gasteiger partial charge in [0.1, 0.15) is 10.8 Å². The zero-order chi connectivity index (χ0) is 16.2. The Balaban J connectivity index is 1.92. The number of aliphatic hydroxyl groups is 2. The molecule has 0 saturated carbocycles. The monoisotopic (exact) mass is 331 g/mol. The van der Waals surface area contributed by atoms with Crippen molar-refractivity contribution in [3.63, 3.8) is 0 Å². The third-order valence-corrected chi connectivity index (χ3v) is 4.42. The van der Waals surface area contributed by atoms with E-state index in [1.54, 1.807) is 30.3 Å². The van der Waals surface area contributed by atoms with Gasteiger partial charge in [0, 0.05) is 18.6 Å². The van der Waals surface area contributed by atoms with Gasteiger partial charge < -0.3 is 19.5 Å². The maximum atomic E-state index is 9.63. The van der Waals surface area contributed by atoms with E-state index in [1.807, 2.05) is 24.3 Å². The lowest BCUT2D eigenvalue weighted by Gasteiger charge is -2.10. The molecule has 0 fully saturated rings. The molecule has 2 aromatic heterocycles. The minimum absolute atomic E-state index is 0.285. The fourth-order valence-corrected chi connectivity index (χ4v) is 3.25. The molecule has 0 spiro atoms. The molecule has 0 aliphatic carbocycles. The van der Waals surface area contributed by atoms with Crippen LogP contribution in [0.5, 0.6) is 5.75 Å². The second-order valence-corrected chi connectivity index (χ2v) is 6.00. The Morgan fingerprint density at radius 3 is 2.91 bits per heavy atom. The summed E-state index contributed by atoms with van der Waals surface area (Å²) in [5.41, 5.74) is 0.930. The average molecular weight is 331 g/mol. The summed E-state index contributed by atoms with van der Waals surface area (Å²) in [5, 5.41) is 19.5. The summed E-state index contributed by atoms with van der Waals surface area (Å²) in [5.74, 6) is 1.49. The van der Waals surface area contributed by atoms with Gasteiger partial charge in [-0.05, 0) is 12.1 Å². The van der Waals surface area contributed by atoms with Crippen LogP contribution in [0.25, 0.3) is 21.3 Å². The van der Waals surface area contributed by atoms with E-state index in [9.17, 15) is 5.11 Å². The van der Waals surface area contributed by atoms with Crippen LogP contribution < -0.4 is 4.74 Å². The van der Waals surface area contributed by atoms with Crippen molar-refractivity contribution in [3.05, 3.63) is 42.9 Å². The highest BCUT2D eigenvalue weighted by atomic mass is 32.1. The van der Waals surface area contributed by atoms with E-state index in [2.05, 4.69) is 9.97 Å². The maximum Gasteiger partial charge on any atom is 0.151 e. The molecule has 0 radical (unpaired) electrons. The summed E-state index contributed by atoms with van der Waals surface area (Å²) in [6, 6.07) is 7.72. The van der Waals surface area contributed by atoms with E-state index in [1.165, 1.54) is 11.3 Å². The molecular weight excluding hydrogens is 314 g/mol. The first kappa shape index (κ1) is 15.7. The number of benzene rings is 1. The van der Waals surface area contributed by atoms with Crippen molar-refractivity contribution in [1.82, 2.24) is 14.5 Å². The van der Waals surface area contributed by atoms with Crippen molar-refractivity contribution in [3.8, 4) is 27.0 Å². The number of hydrogen-bond donors (Lipinski definition) is 2. The van der Waals surface area contributed by atoms with Gasteiger partial charge in [0.05, 0.1) is 36.8 Å². The molecule has 7 heteroatoms. The second-order valence-electron chi connectivity index (χ2n) is 4.97. The Kier molecular flexibility index (Phi) is 4.71. The van der Waals surface area contributed by atoms with Gasteiger partial charge in [-0.25, -0.2) is 9.97 Å². The molecule has 1 aromatic carbocycles. The molecule has 120 valence electrons. The highest BCUT2D eigenvalue weighted by Gasteiger charge is 2.15. The number of rotatable bonds is 6. The van der Waals surface area contributed by atoms with E-state index >= 15 is 0 Å². The zero-order valence-corrected chi connectivity index (χ0v) is 13.4. The molecule has 0 bridgehead atoms. The van der Waals surface area contributed by atoms with Crippen LogP contribution in [0.4, 0.5) is 0 Å². The molecule has 2 N–H and O–H groups in total. The smallest absolute Gasteiger partial charge is 0.151 e. The largest absolute Gasteiger partial charge is 0.496 e. The molecule has 0 saturated heterocycles. The molecule has 2 heterocycles. The Morgan fingerprint density at radius 2 is 2.13 bits per heavy atom. The van der Waals surface area contributed by atoms with Crippen molar-refractivity contribution >= 4 is 11.3 Å². The number of methoxy groups -OCH3 is 1. The summed E-state index contributed by atoms with van der Waals surface area (Å²) >= 11 is 1.50. The molecule has 3 rings (SSSR count). The van der Waals surface area contributed by atoms with Crippen molar-refractivity contribution in [2.24, 2.45) is 0 Å². The molecule has 0 amide bonds. The third kappa shape index (κ3) is 3.26. The Labute approximate surface area is 137 Å². The van der Waals surface area contributed by atoms with Crippen molar-refractivity contribution in [2.75, 3.05) is 13.7 Å². The van der Waals surface area contributed by atoms with Gasteiger partial charge in [0.15, 0.2) is 5.82 Å². The van der Waals surface area contributed by atoms with Gasteiger partial charge in [0.2, 0.25) is 0 Å². The second kappa shape index (κ2) is 6.91. The van der Waals surface area contributed by atoms with Crippen LogP contribution >= 0.6 is 11.3 Å². The quantitative estimate of drug-likeness (QED) is 0.722. The van der Waals surface area contributed by atoms with E-state index in [0.717, 1.165) is 27.0 Å². The molecule has 6 nitrogen and oxygen atoms in total. The Hall–Kier alpha value is -2.22. The van der Waals surface area contributed by atoms with Gasteiger partial charge in [-0.2, -0.15) is 0 Å². The average Bonchev–Trinajstić information content (AvgIpc) is 3.23. The normalized spacial score (nSPS) is 12.3. The molecule has 3 aromatic rings. The summed E-state index contributed by atoms with van der Waals surface area (Å²) in [6.45, 7) is 0.000495. The van der Waals surface area contributed by atoms with Crippen molar-refractivity contribution in [2.45, 2.75) is 12.6 Å². The van der Waals surface area contributed by atoms with Crippen molar-refractivity contribution in [1.29, 1.82) is 0 Å².